The summed E-state index contributed by atoms with van der Waals surface area (Å²) < 4.78 is 24.2. The molecular formula is C18H20Cl2FNO3. The van der Waals surface area contributed by atoms with E-state index in [2.05, 4.69) is 5.32 Å². The Morgan fingerprint density at radius 1 is 1.20 bits per heavy atom. The highest BCUT2D eigenvalue weighted by Crippen LogP contribution is 2.37. The zero-order valence-electron chi connectivity index (χ0n) is 14.0. The first kappa shape index (κ1) is 19.8. The van der Waals surface area contributed by atoms with Gasteiger partial charge < -0.3 is 19.9 Å². The maximum atomic E-state index is 13.1. The quantitative estimate of drug-likeness (QED) is 0.712. The molecule has 0 aliphatic rings. The minimum absolute atomic E-state index is 0.134. The van der Waals surface area contributed by atoms with Gasteiger partial charge in [0.25, 0.3) is 0 Å². The summed E-state index contributed by atoms with van der Waals surface area (Å²) in [7, 11) is 1.52. The molecule has 0 saturated heterocycles. The predicted octanol–water partition coefficient (Wildman–Crippen LogP) is 4.19. The van der Waals surface area contributed by atoms with Crippen LogP contribution in [0.15, 0.2) is 30.3 Å². The van der Waals surface area contributed by atoms with Crippen LogP contribution in [0.4, 0.5) is 4.39 Å². The van der Waals surface area contributed by atoms with Crippen molar-refractivity contribution in [2.45, 2.75) is 26.2 Å². The Labute approximate surface area is 156 Å². The van der Waals surface area contributed by atoms with Gasteiger partial charge in [0.2, 0.25) is 0 Å². The largest absolute Gasteiger partial charge is 0.493 e. The van der Waals surface area contributed by atoms with E-state index in [-0.39, 0.29) is 11.6 Å². The van der Waals surface area contributed by atoms with Gasteiger partial charge in [-0.15, -0.1) is 0 Å². The third kappa shape index (κ3) is 5.75. The summed E-state index contributed by atoms with van der Waals surface area (Å²) in [6, 6.07) is 7.69. The highest BCUT2D eigenvalue weighted by atomic mass is 35.5. The maximum absolute atomic E-state index is 13.1. The molecule has 2 rings (SSSR count). The lowest BCUT2D eigenvalue weighted by atomic mass is 10.2. The highest BCUT2D eigenvalue weighted by molar-refractivity contribution is 6.32. The minimum atomic E-state index is -0.430. The van der Waals surface area contributed by atoms with Crippen molar-refractivity contribution < 1.29 is 19.0 Å². The van der Waals surface area contributed by atoms with E-state index in [0.717, 1.165) is 5.56 Å². The van der Waals surface area contributed by atoms with E-state index in [1.807, 2.05) is 6.07 Å². The van der Waals surface area contributed by atoms with E-state index in [4.69, 9.17) is 32.7 Å². The molecule has 0 heterocycles. The first-order valence-electron chi connectivity index (χ1n) is 7.72. The maximum Gasteiger partial charge on any atom is 0.180 e. The monoisotopic (exact) mass is 387 g/mol. The fourth-order valence-corrected chi connectivity index (χ4v) is 2.74. The van der Waals surface area contributed by atoms with Crippen molar-refractivity contribution >= 4 is 23.2 Å². The molecule has 25 heavy (non-hydrogen) atoms. The zero-order chi connectivity index (χ0) is 18.4. The Kier molecular flexibility index (Phi) is 7.32. The molecule has 0 bridgehead atoms. The van der Waals surface area contributed by atoms with Gasteiger partial charge in [-0.3, -0.25) is 0 Å². The number of hydrogen-bond acceptors (Lipinski definition) is 4. The van der Waals surface area contributed by atoms with Crippen LogP contribution in [0.2, 0.25) is 10.0 Å². The molecular weight excluding hydrogens is 368 g/mol. The molecule has 136 valence electrons. The number of aliphatic hydroxyl groups is 1. The van der Waals surface area contributed by atoms with Gasteiger partial charge in [0.15, 0.2) is 11.5 Å². The summed E-state index contributed by atoms with van der Waals surface area (Å²) in [5.41, 5.74) is 1.54. The van der Waals surface area contributed by atoms with E-state index in [1.165, 1.54) is 19.2 Å². The second-order valence-corrected chi connectivity index (χ2v) is 6.43. The standard InChI is InChI=1S/C18H20Cl2FNO3/c1-11(23)8-22-9-12-5-16(20)18(17(6-12)24-2)25-10-13-3-4-14(21)7-15(13)19/h3-7,11,22-23H,8-10H2,1-2H3. The van der Waals surface area contributed by atoms with E-state index >= 15 is 0 Å². The molecule has 0 aliphatic carbocycles. The number of benzene rings is 2. The number of ether oxygens (including phenoxy) is 2. The van der Waals surface area contributed by atoms with Gasteiger partial charge >= 0.3 is 0 Å². The van der Waals surface area contributed by atoms with Crippen molar-refractivity contribution in [1.29, 1.82) is 0 Å². The Hall–Kier alpha value is -1.53. The molecule has 0 aliphatic heterocycles. The van der Waals surface area contributed by atoms with Crippen LogP contribution in [0.3, 0.4) is 0 Å². The molecule has 0 spiro atoms. The molecule has 0 radical (unpaired) electrons. The lowest BCUT2D eigenvalue weighted by Gasteiger charge is -2.15. The van der Waals surface area contributed by atoms with Crippen molar-refractivity contribution in [3.05, 3.63) is 57.3 Å². The molecule has 0 amide bonds. The average molecular weight is 388 g/mol. The van der Waals surface area contributed by atoms with Crippen LogP contribution in [-0.4, -0.2) is 24.9 Å². The molecule has 0 saturated carbocycles. The topological polar surface area (TPSA) is 50.7 Å². The van der Waals surface area contributed by atoms with E-state index in [1.54, 1.807) is 19.1 Å². The Bertz CT molecular complexity index is 726. The van der Waals surface area contributed by atoms with E-state index in [0.29, 0.717) is 35.2 Å². The predicted molar refractivity (Wildman–Crippen MR) is 97.1 cm³/mol. The first-order chi connectivity index (χ1) is 11.9. The summed E-state index contributed by atoms with van der Waals surface area (Å²) >= 11 is 12.3. The van der Waals surface area contributed by atoms with E-state index < -0.39 is 11.9 Å². The number of aliphatic hydroxyl groups excluding tert-OH is 1. The van der Waals surface area contributed by atoms with Gasteiger partial charge in [-0.25, -0.2) is 4.39 Å². The van der Waals surface area contributed by atoms with Gasteiger partial charge in [-0.1, -0.05) is 29.3 Å². The highest BCUT2D eigenvalue weighted by Gasteiger charge is 2.13. The van der Waals surface area contributed by atoms with Crippen LogP contribution in [-0.2, 0) is 13.2 Å². The van der Waals surface area contributed by atoms with Crippen LogP contribution >= 0.6 is 23.2 Å². The second-order valence-electron chi connectivity index (χ2n) is 5.61. The van der Waals surface area contributed by atoms with Crippen LogP contribution in [0.1, 0.15) is 18.1 Å². The van der Waals surface area contributed by atoms with Crippen LogP contribution in [0, 0.1) is 5.82 Å². The lowest BCUT2D eigenvalue weighted by Crippen LogP contribution is -2.23. The zero-order valence-corrected chi connectivity index (χ0v) is 15.5. The number of halogens is 3. The van der Waals surface area contributed by atoms with Crippen LogP contribution < -0.4 is 14.8 Å². The molecule has 4 nitrogen and oxygen atoms in total. The third-order valence-electron chi connectivity index (χ3n) is 3.45. The smallest absolute Gasteiger partial charge is 0.180 e. The van der Waals surface area contributed by atoms with Gasteiger partial charge in [0, 0.05) is 18.7 Å². The average Bonchev–Trinajstić information content (AvgIpc) is 2.54. The third-order valence-corrected chi connectivity index (χ3v) is 4.08. The number of nitrogens with one attached hydrogen (secondary N) is 1. The fraction of sp³-hybridized carbons (Fsp3) is 0.333. The van der Waals surface area contributed by atoms with E-state index in [9.17, 15) is 9.50 Å². The van der Waals surface area contributed by atoms with Crippen molar-refractivity contribution in [1.82, 2.24) is 5.32 Å². The molecule has 2 N–H and O–H groups in total. The van der Waals surface area contributed by atoms with Crippen LogP contribution in [0.25, 0.3) is 0 Å². The van der Waals surface area contributed by atoms with Crippen LogP contribution in [0.5, 0.6) is 11.5 Å². The fourth-order valence-electron chi connectivity index (χ4n) is 2.23. The molecule has 7 heteroatoms. The molecule has 0 aromatic heterocycles. The first-order valence-corrected chi connectivity index (χ1v) is 8.48. The number of rotatable bonds is 8. The Morgan fingerprint density at radius 3 is 2.60 bits per heavy atom. The minimum Gasteiger partial charge on any atom is -0.493 e. The Balaban J connectivity index is 2.11. The number of hydrogen-bond donors (Lipinski definition) is 2. The Morgan fingerprint density at radius 2 is 1.96 bits per heavy atom. The molecule has 1 atom stereocenters. The molecule has 1 unspecified atom stereocenters. The molecule has 0 fully saturated rings. The molecule has 2 aromatic rings. The normalized spacial score (nSPS) is 12.1. The van der Waals surface area contributed by atoms with Crippen molar-refractivity contribution in [2.24, 2.45) is 0 Å². The van der Waals surface area contributed by atoms with Gasteiger partial charge in [0.1, 0.15) is 12.4 Å². The summed E-state index contributed by atoms with van der Waals surface area (Å²) in [6.07, 6.45) is -0.430. The summed E-state index contributed by atoms with van der Waals surface area (Å²) in [4.78, 5) is 0. The van der Waals surface area contributed by atoms with Gasteiger partial charge in [0.05, 0.1) is 23.3 Å². The van der Waals surface area contributed by atoms with Crippen molar-refractivity contribution in [2.75, 3.05) is 13.7 Å². The van der Waals surface area contributed by atoms with Gasteiger partial charge in [-0.2, -0.15) is 0 Å². The number of methoxy groups -OCH3 is 1. The van der Waals surface area contributed by atoms with Crippen molar-refractivity contribution in [3.63, 3.8) is 0 Å². The SMILES string of the molecule is COc1cc(CNCC(C)O)cc(Cl)c1OCc1ccc(F)cc1Cl. The summed E-state index contributed by atoms with van der Waals surface area (Å²) in [5.74, 6) is 0.474. The van der Waals surface area contributed by atoms with Gasteiger partial charge in [-0.05, 0) is 36.8 Å². The molecule has 2 aromatic carbocycles. The lowest BCUT2D eigenvalue weighted by molar-refractivity contribution is 0.191. The van der Waals surface area contributed by atoms with Crippen molar-refractivity contribution in [3.8, 4) is 11.5 Å². The summed E-state index contributed by atoms with van der Waals surface area (Å²) in [5, 5.41) is 13.1. The second kappa shape index (κ2) is 9.25. The summed E-state index contributed by atoms with van der Waals surface area (Å²) in [6.45, 7) is 2.85.